The van der Waals surface area contributed by atoms with Crippen LogP contribution in [0.25, 0.3) is 0 Å². The first-order chi connectivity index (χ1) is 2.27. The van der Waals surface area contributed by atoms with Crippen LogP contribution in [-0.4, -0.2) is 17.6 Å². The molecule has 3 N–H and O–H groups in total. The third kappa shape index (κ3) is 51.4. The van der Waals surface area contributed by atoms with Crippen molar-refractivity contribution in [2.75, 3.05) is 6.54 Å². The van der Waals surface area contributed by atoms with E-state index in [0.29, 0.717) is 0 Å². The Hall–Kier alpha value is 0.832. The number of aliphatic carboxylic acids is 1. The van der Waals surface area contributed by atoms with Gasteiger partial charge in [-0.1, -0.05) is 0 Å². The summed E-state index contributed by atoms with van der Waals surface area (Å²) >= 11 is 0. The van der Waals surface area contributed by atoms with Crippen LogP contribution in [0.1, 0.15) is 0 Å². The maximum absolute atomic E-state index is 9.24. The Morgan fingerprint density at radius 2 is 1.44 bits per heavy atom. The van der Waals surface area contributed by atoms with Gasteiger partial charge in [-0.25, -0.2) is 0 Å². The summed E-state index contributed by atoms with van der Waals surface area (Å²) in [6.07, 6.45) is 0. The van der Waals surface area contributed by atoms with E-state index in [-0.39, 0.29) is 61.1 Å². The molecule has 0 aromatic rings. The van der Waals surface area contributed by atoms with E-state index in [1.54, 1.807) is 0 Å². The van der Waals surface area contributed by atoms with Crippen LogP contribution in [0.15, 0.2) is 0 Å². The molecular weight excluding hydrogens is 228 g/mol. The molecule has 0 atom stereocenters. The van der Waals surface area contributed by atoms with E-state index in [2.05, 4.69) is 5.73 Å². The van der Waals surface area contributed by atoms with Gasteiger partial charge in [0.25, 0.3) is 0 Å². The van der Waals surface area contributed by atoms with Crippen molar-refractivity contribution in [3.63, 3.8) is 0 Å². The van der Waals surface area contributed by atoms with Crippen LogP contribution in [0, 0.1) is 0 Å². The second-order valence-electron chi connectivity index (χ2n) is 0.598. The standard InChI is InChI=1S/C2H5NO2.3ClH.Cr/c3-1-2(4)5;;;;/h1,3H2,(H,4,5);3*1H;/q;;;;+3/p-3. The largest absolute Gasteiger partial charge is 3.00 e. The van der Waals surface area contributed by atoms with E-state index in [4.69, 9.17) is 5.11 Å². The number of hydrogen-bond acceptors (Lipinski definition) is 2. The molecule has 0 rings (SSSR count). The van der Waals surface area contributed by atoms with Gasteiger partial charge in [-0.3, -0.25) is 4.79 Å². The number of carboxylic acids is 1. The summed E-state index contributed by atoms with van der Waals surface area (Å²) in [5.74, 6) is -0.968. The van der Waals surface area contributed by atoms with Crippen LogP contribution in [0.3, 0.4) is 0 Å². The Bertz CT molecular complexity index is 55.1. The minimum Gasteiger partial charge on any atom is -1.00 e. The van der Waals surface area contributed by atoms with E-state index in [0.717, 1.165) is 0 Å². The number of carboxylic acid groups (broad SMARTS) is 1. The summed E-state index contributed by atoms with van der Waals surface area (Å²) < 4.78 is 0. The first kappa shape index (κ1) is 32.8. The normalized spacial score (nSPS) is 4.11. The molecule has 0 fully saturated rings. The Kier molecular flexibility index (Phi) is 84.7. The number of rotatable bonds is 1. The topological polar surface area (TPSA) is 63.3 Å². The molecule has 0 aliphatic heterocycles. The molecular formula is C2H5Cl3CrNO2. The first-order valence-electron chi connectivity index (χ1n) is 1.19. The number of halogens is 3. The van der Waals surface area contributed by atoms with Crippen LogP contribution in [-0.2, 0) is 22.2 Å². The summed E-state index contributed by atoms with van der Waals surface area (Å²) in [5, 5.41) is 7.60. The van der Waals surface area contributed by atoms with Crippen LogP contribution in [0.5, 0.6) is 0 Å². The molecule has 0 bridgehead atoms. The Morgan fingerprint density at radius 1 is 1.33 bits per heavy atom. The quantitative estimate of drug-likeness (QED) is 0.473. The third-order valence-corrected chi connectivity index (χ3v) is 0.175. The van der Waals surface area contributed by atoms with E-state index in [1.807, 2.05) is 0 Å². The summed E-state index contributed by atoms with van der Waals surface area (Å²) in [6, 6.07) is 0. The van der Waals surface area contributed by atoms with Gasteiger partial charge in [-0.05, 0) is 0 Å². The van der Waals surface area contributed by atoms with Gasteiger partial charge in [0.05, 0.1) is 6.54 Å². The van der Waals surface area contributed by atoms with E-state index in [1.165, 1.54) is 0 Å². The molecule has 0 aromatic heterocycles. The van der Waals surface area contributed by atoms with Gasteiger partial charge in [0.1, 0.15) is 0 Å². The van der Waals surface area contributed by atoms with Crippen molar-refractivity contribution in [1.82, 2.24) is 0 Å². The maximum Gasteiger partial charge on any atom is 3.00 e. The average molecular weight is 233 g/mol. The fraction of sp³-hybridized carbons (Fsp3) is 0.500. The van der Waals surface area contributed by atoms with Crippen LogP contribution in [0.4, 0.5) is 0 Å². The number of nitrogens with two attached hydrogens (primary N) is 1. The Labute approximate surface area is 82.7 Å². The molecule has 0 spiro atoms. The monoisotopic (exact) mass is 232 g/mol. The molecule has 0 saturated heterocycles. The second-order valence-corrected chi connectivity index (χ2v) is 0.598. The molecule has 0 amide bonds. The number of hydrogen-bond donors (Lipinski definition) is 2. The van der Waals surface area contributed by atoms with Crippen molar-refractivity contribution in [1.29, 1.82) is 0 Å². The van der Waals surface area contributed by atoms with Gasteiger partial charge in [-0.15, -0.1) is 0 Å². The van der Waals surface area contributed by atoms with Crippen LogP contribution < -0.4 is 43.0 Å². The predicted molar refractivity (Wildman–Crippen MR) is 16.7 cm³/mol. The van der Waals surface area contributed by atoms with Gasteiger partial charge in [0.15, 0.2) is 0 Å². The molecule has 9 heavy (non-hydrogen) atoms. The molecule has 0 aliphatic carbocycles. The summed E-state index contributed by atoms with van der Waals surface area (Å²) in [6.45, 7) is -0.278. The Balaban J connectivity index is -0.0000000133. The van der Waals surface area contributed by atoms with Crippen molar-refractivity contribution in [2.24, 2.45) is 5.73 Å². The van der Waals surface area contributed by atoms with Crippen LogP contribution >= 0.6 is 0 Å². The molecule has 0 heterocycles. The molecule has 3 nitrogen and oxygen atoms in total. The van der Waals surface area contributed by atoms with Crippen molar-refractivity contribution in [3.05, 3.63) is 0 Å². The average Bonchev–Trinajstić information content (AvgIpc) is 1.38. The molecule has 0 unspecified atom stereocenters. The summed E-state index contributed by atoms with van der Waals surface area (Å²) in [5.41, 5.74) is 4.57. The van der Waals surface area contributed by atoms with Crippen molar-refractivity contribution >= 4 is 5.97 Å². The fourth-order valence-electron chi connectivity index (χ4n) is 0. The zero-order valence-corrected chi connectivity index (χ0v) is 7.72. The van der Waals surface area contributed by atoms with Gasteiger partial charge in [-0.2, -0.15) is 0 Å². The van der Waals surface area contributed by atoms with Gasteiger partial charge in [0, 0.05) is 0 Å². The SMILES string of the molecule is NCC(=O)O.[Cl-].[Cl-].[Cl-].[Cr+3]. The van der Waals surface area contributed by atoms with Crippen molar-refractivity contribution in [3.8, 4) is 0 Å². The van der Waals surface area contributed by atoms with E-state index in [9.17, 15) is 4.79 Å². The molecule has 7 heteroatoms. The van der Waals surface area contributed by atoms with E-state index >= 15 is 0 Å². The third-order valence-electron chi connectivity index (χ3n) is 0.175. The van der Waals surface area contributed by atoms with Gasteiger partial charge >= 0.3 is 23.3 Å². The first-order valence-corrected chi connectivity index (χ1v) is 1.19. The van der Waals surface area contributed by atoms with E-state index < -0.39 is 5.97 Å². The summed E-state index contributed by atoms with van der Waals surface area (Å²) in [4.78, 5) is 9.24. The van der Waals surface area contributed by atoms with Gasteiger partial charge in [0.2, 0.25) is 0 Å². The minimum absolute atomic E-state index is 0. The smallest absolute Gasteiger partial charge is 1.00 e. The second kappa shape index (κ2) is 23.2. The molecule has 57 valence electrons. The molecule has 0 aliphatic rings. The van der Waals surface area contributed by atoms with Crippen molar-refractivity contribution in [2.45, 2.75) is 0 Å². The fourth-order valence-corrected chi connectivity index (χ4v) is 0. The zero-order chi connectivity index (χ0) is 4.28. The maximum atomic E-state index is 9.24. The molecule has 0 saturated carbocycles. The number of carbonyl (C=O) groups is 1. The van der Waals surface area contributed by atoms with Crippen LogP contribution in [0.2, 0.25) is 0 Å². The Morgan fingerprint density at radius 3 is 1.44 bits per heavy atom. The predicted octanol–water partition coefficient (Wildman–Crippen LogP) is -9.96. The van der Waals surface area contributed by atoms with Crippen molar-refractivity contribution < 1.29 is 64.5 Å². The van der Waals surface area contributed by atoms with Gasteiger partial charge < -0.3 is 48.1 Å². The summed E-state index contributed by atoms with van der Waals surface area (Å²) in [7, 11) is 0. The molecule has 1 radical (unpaired) electrons. The minimum atomic E-state index is -0.968. The zero-order valence-electron chi connectivity index (χ0n) is 4.18. The molecule has 0 aromatic carbocycles.